The first-order valence-corrected chi connectivity index (χ1v) is 6.91. The Hall–Kier alpha value is -1.26. The lowest BCUT2D eigenvalue weighted by atomic mass is 10.0. The highest BCUT2D eigenvalue weighted by atomic mass is 16.4. The third-order valence-corrected chi connectivity index (χ3v) is 3.70. The number of carbonyl (C=O) groups excluding carboxylic acids is 1. The van der Waals surface area contributed by atoms with E-state index in [1.165, 1.54) is 25.7 Å². The molecule has 0 aliphatic heterocycles. The molecule has 0 spiro atoms. The summed E-state index contributed by atoms with van der Waals surface area (Å²) in [5, 5.41) is 14.4. The van der Waals surface area contributed by atoms with Crippen LogP contribution in [0.5, 0.6) is 0 Å². The minimum atomic E-state index is -0.0306. The van der Waals surface area contributed by atoms with Gasteiger partial charge in [-0.1, -0.05) is 37.8 Å². The minimum absolute atomic E-state index is 0.0306. The first-order valence-electron chi connectivity index (χ1n) is 6.91. The van der Waals surface area contributed by atoms with Crippen LogP contribution in [-0.4, -0.2) is 23.0 Å². The van der Waals surface area contributed by atoms with Gasteiger partial charge >= 0.3 is 0 Å². The highest BCUT2D eigenvalue weighted by molar-refractivity contribution is 5.81. The van der Waals surface area contributed by atoms with Crippen LogP contribution in [-0.2, 0) is 4.79 Å². The number of nitrogens with zero attached hydrogens (tertiary/aromatic N) is 1. The highest BCUT2D eigenvalue weighted by Crippen LogP contribution is 2.28. The fourth-order valence-corrected chi connectivity index (χ4v) is 2.52. The molecule has 1 rings (SSSR count). The second kappa shape index (κ2) is 7.95. The Balaban J connectivity index is 2.23. The summed E-state index contributed by atoms with van der Waals surface area (Å²) in [5.41, 5.74) is 5.45. The maximum atomic E-state index is 11.8. The van der Waals surface area contributed by atoms with Crippen LogP contribution in [0.15, 0.2) is 5.16 Å². The molecular formula is C13H25N3O2. The molecule has 1 unspecified atom stereocenters. The number of hydrogen-bond acceptors (Lipinski definition) is 3. The highest BCUT2D eigenvalue weighted by Gasteiger charge is 2.17. The molecule has 0 saturated heterocycles. The van der Waals surface area contributed by atoms with Crippen molar-refractivity contribution in [3.05, 3.63) is 0 Å². The zero-order valence-electron chi connectivity index (χ0n) is 11.2. The van der Waals surface area contributed by atoms with Gasteiger partial charge in [0.1, 0.15) is 5.84 Å². The lowest BCUT2D eigenvalue weighted by Crippen LogP contribution is -2.37. The Morgan fingerprint density at radius 2 is 2.17 bits per heavy atom. The second-order valence-corrected chi connectivity index (χ2v) is 5.16. The second-order valence-electron chi connectivity index (χ2n) is 5.16. The molecule has 4 N–H and O–H groups in total. The van der Waals surface area contributed by atoms with Crippen molar-refractivity contribution in [3.63, 3.8) is 0 Å². The molecule has 1 fully saturated rings. The van der Waals surface area contributed by atoms with E-state index in [2.05, 4.69) is 10.5 Å². The predicted octanol–water partition coefficient (Wildman–Crippen LogP) is 1.99. The molecule has 0 aromatic heterocycles. The lowest BCUT2D eigenvalue weighted by Gasteiger charge is -2.17. The van der Waals surface area contributed by atoms with Crippen molar-refractivity contribution in [2.45, 2.75) is 64.3 Å². The zero-order valence-corrected chi connectivity index (χ0v) is 11.2. The number of carbonyl (C=O) groups is 1. The summed E-state index contributed by atoms with van der Waals surface area (Å²) in [7, 11) is 0. The SMILES string of the molecule is CCC(CC(N)=NO)NC(=O)CCC1CCCC1. The van der Waals surface area contributed by atoms with Crippen LogP contribution in [0, 0.1) is 5.92 Å². The number of nitrogens with two attached hydrogens (primary N) is 1. The summed E-state index contributed by atoms with van der Waals surface area (Å²) in [6, 6.07) is -0.0306. The maximum absolute atomic E-state index is 11.8. The summed E-state index contributed by atoms with van der Waals surface area (Å²) < 4.78 is 0. The maximum Gasteiger partial charge on any atom is 0.220 e. The van der Waals surface area contributed by atoms with Crippen molar-refractivity contribution in [2.75, 3.05) is 0 Å². The van der Waals surface area contributed by atoms with Crippen LogP contribution in [0.3, 0.4) is 0 Å². The Bertz CT molecular complexity index is 286. The Morgan fingerprint density at radius 3 is 2.72 bits per heavy atom. The standard InChI is InChI=1S/C13H25N3O2/c1-2-11(9-12(14)16-18)15-13(17)8-7-10-5-3-4-6-10/h10-11,18H,2-9H2,1H3,(H2,14,16)(H,15,17). The molecule has 104 valence electrons. The minimum Gasteiger partial charge on any atom is -0.409 e. The van der Waals surface area contributed by atoms with Crippen LogP contribution in [0.2, 0.25) is 0 Å². The van der Waals surface area contributed by atoms with Crippen LogP contribution in [0.1, 0.15) is 58.3 Å². The molecule has 5 heteroatoms. The van der Waals surface area contributed by atoms with Gasteiger partial charge in [-0.25, -0.2) is 0 Å². The van der Waals surface area contributed by atoms with E-state index in [0.717, 1.165) is 18.8 Å². The van der Waals surface area contributed by atoms with E-state index in [1.54, 1.807) is 0 Å². The molecule has 5 nitrogen and oxygen atoms in total. The van der Waals surface area contributed by atoms with Gasteiger partial charge in [0.15, 0.2) is 0 Å². The van der Waals surface area contributed by atoms with E-state index < -0.39 is 0 Å². The summed E-state index contributed by atoms with van der Waals surface area (Å²) >= 11 is 0. The lowest BCUT2D eigenvalue weighted by molar-refractivity contribution is -0.122. The van der Waals surface area contributed by atoms with E-state index in [-0.39, 0.29) is 17.8 Å². The van der Waals surface area contributed by atoms with Crippen molar-refractivity contribution in [1.82, 2.24) is 5.32 Å². The number of hydrogen-bond donors (Lipinski definition) is 3. The smallest absolute Gasteiger partial charge is 0.220 e. The molecule has 18 heavy (non-hydrogen) atoms. The number of amides is 1. The Kier molecular flexibility index (Phi) is 6.54. The fourth-order valence-electron chi connectivity index (χ4n) is 2.52. The third kappa shape index (κ3) is 5.38. The largest absolute Gasteiger partial charge is 0.409 e. The van der Waals surface area contributed by atoms with Gasteiger partial charge < -0.3 is 16.3 Å². The average Bonchev–Trinajstić information content (AvgIpc) is 2.88. The van der Waals surface area contributed by atoms with Crippen molar-refractivity contribution >= 4 is 11.7 Å². The first kappa shape index (κ1) is 14.8. The van der Waals surface area contributed by atoms with E-state index in [1.807, 2.05) is 6.92 Å². The molecular weight excluding hydrogens is 230 g/mol. The van der Waals surface area contributed by atoms with Gasteiger partial charge in [-0.3, -0.25) is 4.79 Å². The monoisotopic (exact) mass is 255 g/mol. The molecule has 0 bridgehead atoms. The molecule has 0 heterocycles. The molecule has 0 aromatic rings. The van der Waals surface area contributed by atoms with Gasteiger partial charge in [0.05, 0.1) is 0 Å². The molecule has 0 aromatic carbocycles. The first-order chi connectivity index (χ1) is 8.65. The number of oxime groups is 1. The molecule has 1 amide bonds. The molecule has 1 aliphatic rings. The van der Waals surface area contributed by atoms with Crippen LogP contribution < -0.4 is 11.1 Å². The van der Waals surface area contributed by atoms with E-state index in [0.29, 0.717) is 12.8 Å². The molecule has 1 atom stereocenters. The number of nitrogens with one attached hydrogen (secondary N) is 1. The quantitative estimate of drug-likeness (QED) is 0.281. The molecule has 1 aliphatic carbocycles. The van der Waals surface area contributed by atoms with Gasteiger partial charge in [0.2, 0.25) is 5.91 Å². The van der Waals surface area contributed by atoms with Crippen LogP contribution in [0.25, 0.3) is 0 Å². The van der Waals surface area contributed by atoms with Gasteiger partial charge in [0.25, 0.3) is 0 Å². The third-order valence-electron chi connectivity index (χ3n) is 3.70. The van der Waals surface area contributed by atoms with Crippen LogP contribution >= 0.6 is 0 Å². The van der Waals surface area contributed by atoms with Gasteiger partial charge in [-0.2, -0.15) is 0 Å². The van der Waals surface area contributed by atoms with Crippen molar-refractivity contribution < 1.29 is 10.0 Å². The fraction of sp³-hybridized carbons (Fsp3) is 0.846. The molecule has 1 saturated carbocycles. The number of amidine groups is 1. The zero-order chi connectivity index (χ0) is 13.4. The van der Waals surface area contributed by atoms with Gasteiger partial charge in [0, 0.05) is 18.9 Å². The van der Waals surface area contributed by atoms with E-state index >= 15 is 0 Å². The van der Waals surface area contributed by atoms with Crippen LogP contribution in [0.4, 0.5) is 0 Å². The van der Waals surface area contributed by atoms with E-state index in [9.17, 15) is 4.79 Å². The summed E-state index contributed by atoms with van der Waals surface area (Å²) in [6.45, 7) is 1.98. The summed E-state index contributed by atoms with van der Waals surface area (Å²) in [5.74, 6) is 0.984. The van der Waals surface area contributed by atoms with Crippen molar-refractivity contribution in [1.29, 1.82) is 0 Å². The van der Waals surface area contributed by atoms with Crippen molar-refractivity contribution in [2.24, 2.45) is 16.8 Å². The van der Waals surface area contributed by atoms with Gasteiger partial charge in [-0.15, -0.1) is 0 Å². The predicted molar refractivity (Wildman–Crippen MR) is 71.4 cm³/mol. The average molecular weight is 255 g/mol. The van der Waals surface area contributed by atoms with Crippen molar-refractivity contribution in [3.8, 4) is 0 Å². The normalized spacial score (nSPS) is 18.8. The summed E-state index contributed by atoms with van der Waals surface area (Å²) in [4.78, 5) is 11.8. The topological polar surface area (TPSA) is 87.7 Å². The summed E-state index contributed by atoms with van der Waals surface area (Å²) in [6.07, 6.45) is 7.95. The van der Waals surface area contributed by atoms with Gasteiger partial charge in [-0.05, 0) is 18.8 Å². The van der Waals surface area contributed by atoms with E-state index in [4.69, 9.17) is 10.9 Å². The Labute approximate surface area is 109 Å². The number of rotatable bonds is 7. The Morgan fingerprint density at radius 1 is 1.50 bits per heavy atom. The molecule has 0 radical (unpaired) electrons.